The van der Waals surface area contributed by atoms with Crippen molar-refractivity contribution in [1.29, 1.82) is 0 Å². The smallest absolute Gasteiger partial charge is 0.406 e. The predicted molar refractivity (Wildman–Crippen MR) is 74.6 cm³/mol. The minimum atomic E-state index is -4.70. The van der Waals surface area contributed by atoms with Crippen molar-refractivity contribution in [3.8, 4) is 5.75 Å². The van der Waals surface area contributed by atoms with Gasteiger partial charge in [-0.2, -0.15) is 5.10 Å². The number of alkyl halides is 3. The molecule has 1 aromatic heterocycles. The zero-order valence-corrected chi connectivity index (χ0v) is 12.2. The SMILES string of the molecule is C[C@@H](C(=O)NCCc1ccc(OC(F)(F)F)cc1)n1cncn1. The van der Waals surface area contributed by atoms with E-state index in [2.05, 4.69) is 20.1 Å². The van der Waals surface area contributed by atoms with Crippen LogP contribution in [0, 0.1) is 0 Å². The summed E-state index contributed by atoms with van der Waals surface area (Å²) in [5, 5.41) is 6.61. The van der Waals surface area contributed by atoms with Crippen molar-refractivity contribution in [3.05, 3.63) is 42.5 Å². The van der Waals surface area contributed by atoms with E-state index < -0.39 is 12.4 Å². The normalized spacial score (nSPS) is 12.7. The van der Waals surface area contributed by atoms with Crippen LogP contribution in [0.3, 0.4) is 0 Å². The monoisotopic (exact) mass is 328 g/mol. The third kappa shape index (κ3) is 5.28. The van der Waals surface area contributed by atoms with Crippen LogP contribution in [0.5, 0.6) is 5.75 Å². The number of carbonyl (C=O) groups is 1. The lowest BCUT2D eigenvalue weighted by molar-refractivity contribution is -0.274. The molecule has 0 radical (unpaired) electrons. The molecule has 0 fully saturated rings. The molecule has 0 aliphatic rings. The number of hydrogen-bond acceptors (Lipinski definition) is 4. The topological polar surface area (TPSA) is 69.0 Å². The van der Waals surface area contributed by atoms with Gasteiger partial charge < -0.3 is 10.1 Å². The average Bonchev–Trinajstić information content (AvgIpc) is 3.01. The molecule has 2 aromatic rings. The zero-order chi connectivity index (χ0) is 16.9. The van der Waals surface area contributed by atoms with Crippen LogP contribution in [0.2, 0.25) is 0 Å². The zero-order valence-electron chi connectivity index (χ0n) is 12.2. The first kappa shape index (κ1) is 16.8. The molecular formula is C14H15F3N4O2. The number of nitrogens with zero attached hydrogens (tertiary/aromatic N) is 3. The van der Waals surface area contributed by atoms with Crippen molar-refractivity contribution >= 4 is 5.91 Å². The number of rotatable bonds is 6. The number of halogens is 3. The molecule has 1 atom stereocenters. The maximum absolute atomic E-state index is 12.0. The molecular weight excluding hydrogens is 313 g/mol. The molecule has 0 saturated heterocycles. The van der Waals surface area contributed by atoms with E-state index in [-0.39, 0.29) is 11.7 Å². The van der Waals surface area contributed by atoms with Crippen LogP contribution < -0.4 is 10.1 Å². The van der Waals surface area contributed by atoms with E-state index in [9.17, 15) is 18.0 Å². The van der Waals surface area contributed by atoms with E-state index in [4.69, 9.17) is 0 Å². The molecule has 0 unspecified atom stereocenters. The summed E-state index contributed by atoms with van der Waals surface area (Å²) in [5.41, 5.74) is 0.785. The molecule has 0 saturated carbocycles. The van der Waals surface area contributed by atoms with Gasteiger partial charge in [0, 0.05) is 6.54 Å². The Hall–Kier alpha value is -2.58. The van der Waals surface area contributed by atoms with Gasteiger partial charge in [-0.25, -0.2) is 9.67 Å². The molecule has 1 aromatic carbocycles. The average molecular weight is 328 g/mol. The summed E-state index contributed by atoms with van der Waals surface area (Å²) in [6.45, 7) is 2.05. The van der Waals surface area contributed by atoms with Gasteiger partial charge in [0.1, 0.15) is 24.4 Å². The standard InChI is InChI=1S/C14H15F3N4O2/c1-10(21-9-18-8-20-21)13(22)19-7-6-11-2-4-12(5-3-11)23-14(15,16)17/h2-5,8-10H,6-7H2,1H3,(H,19,22)/t10-/m0/s1. The van der Waals surface area contributed by atoms with Crippen LogP contribution in [0.4, 0.5) is 13.2 Å². The van der Waals surface area contributed by atoms with Crippen LogP contribution >= 0.6 is 0 Å². The highest BCUT2D eigenvalue weighted by Gasteiger charge is 2.30. The van der Waals surface area contributed by atoms with Gasteiger partial charge >= 0.3 is 6.36 Å². The van der Waals surface area contributed by atoms with Crippen molar-refractivity contribution in [2.75, 3.05) is 6.54 Å². The number of benzene rings is 1. The molecule has 124 valence electrons. The Balaban J connectivity index is 1.79. The Morgan fingerprint density at radius 2 is 2.04 bits per heavy atom. The lowest BCUT2D eigenvalue weighted by atomic mass is 10.1. The molecule has 23 heavy (non-hydrogen) atoms. The summed E-state index contributed by atoms with van der Waals surface area (Å²) >= 11 is 0. The number of hydrogen-bond donors (Lipinski definition) is 1. The van der Waals surface area contributed by atoms with Gasteiger partial charge in [0.05, 0.1) is 0 Å². The number of ether oxygens (including phenoxy) is 1. The highest BCUT2D eigenvalue weighted by atomic mass is 19.4. The molecule has 0 spiro atoms. The number of amides is 1. The van der Waals surface area contributed by atoms with E-state index in [1.165, 1.54) is 41.6 Å². The summed E-state index contributed by atoms with van der Waals surface area (Å²) in [6.07, 6.45) is -1.42. The Bertz CT molecular complexity index is 626. The van der Waals surface area contributed by atoms with Crippen LogP contribution in [0.25, 0.3) is 0 Å². The van der Waals surface area contributed by atoms with E-state index in [0.717, 1.165) is 5.56 Å². The van der Waals surface area contributed by atoms with Gasteiger partial charge in [0.15, 0.2) is 0 Å². The number of carbonyl (C=O) groups excluding carboxylic acids is 1. The van der Waals surface area contributed by atoms with Crippen molar-refractivity contribution in [1.82, 2.24) is 20.1 Å². The molecule has 2 rings (SSSR count). The lowest BCUT2D eigenvalue weighted by Crippen LogP contribution is -2.32. The van der Waals surface area contributed by atoms with Gasteiger partial charge in [-0.05, 0) is 31.0 Å². The maximum Gasteiger partial charge on any atom is 0.573 e. The minimum absolute atomic E-state index is 0.215. The first-order valence-corrected chi connectivity index (χ1v) is 6.81. The van der Waals surface area contributed by atoms with E-state index in [0.29, 0.717) is 13.0 Å². The Kier molecular flexibility index (Phi) is 5.20. The second-order valence-electron chi connectivity index (χ2n) is 4.78. The summed E-state index contributed by atoms with van der Waals surface area (Å²) in [4.78, 5) is 15.7. The molecule has 9 heteroatoms. The third-order valence-corrected chi connectivity index (χ3v) is 3.08. The predicted octanol–water partition coefficient (Wildman–Crippen LogP) is 2.10. The fraction of sp³-hybridized carbons (Fsp3) is 0.357. The van der Waals surface area contributed by atoms with Crippen LogP contribution in [0.1, 0.15) is 18.5 Å². The van der Waals surface area contributed by atoms with Crippen molar-refractivity contribution in [3.63, 3.8) is 0 Å². The Morgan fingerprint density at radius 1 is 1.35 bits per heavy atom. The fourth-order valence-electron chi connectivity index (χ4n) is 1.87. The van der Waals surface area contributed by atoms with Crippen LogP contribution in [-0.4, -0.2) is 33.6 Å². The van der Waals surface area contributed by atoms with Gasteiger partial charge in [-0.1, -0.05) is 12.1 Å². The summed E-state index contributed by atoms with van der Waals surface area (Å²) in [5.74, 6) is -0.488. The van der Waals surface area contributed by atoms with Crippen LogP contribution in [0.15, 0.2) is 36.9 Å². The second kappa shape index (κ2) is 7.12. The minimum Gasteiger partial charge on any atom is -0.406 e. The van der Waals surface area contributed by atoms with Crippen molar-refractivity contribution < 1.29 is 22.7 Å². The highest BCUT2D eigenvalue weighted by molar-refractivity contribution is 5.79. The van der Waals surface area contributed by atoms with Gasteiger partial charge in [-0.3, -0.25) is 4.79 Å². The van der Waals surface area contributed by atoms with E-state index in [1.807, 2.05) is 0 Å². The van der Waals surface area contributed by atoms with E-state index in [1.54, 1.807) is 6.92 Å². The molecule has 1 amide bonds. The van der Waals surface area contributed by atoms with Crippen molar-refractivity contribution in [2.45, 2.75) is 25.7 Å². The fourth-order valence-corrected chi connectivity index (χ4v) is 1.87. The van der Waals surface area contributed by atoms with Crippen molar-refractivity contribution in [2.24, 2.45) is 0 Å². The second-order valence-corrected chi connectivity index (χ2v) is 4.78. The summed E-state index contributed by atoms with van der Waals surface area (Å²) in [6, 6.07) is 5.04. The van der Waals surface area contributed by atoms with Gasteiger partial charge in [-0.15, -0.1) is 13.2 Å². The van der Waals surface area contributed by atoms with Gasteiger partial charge in [0.2, 0.25) is 5.91 Å². The number of aromatic nitrogens is 3. The molecule has 0 bridgehead atoms. The lowest BCUT2D eigenvalue weighted by Gasteiger charge is -2.12. The maximum atomic E-state index is 12.0. The van der Waals surface area contributed by atoms with E-state index >= 15 is 0 Å². The third-order valence-electron chi connectivity index (χ3n) is 3.08. The van der Waals surface area contributed by atoms with Gasteiger partial charge in [0.25, 0.3) is 0 Å². The Labute approximate surface area is 130 Å². The first-order chi connectivity index (χ1) is 10.8. The number of nitrogens with one attached hydrogen (secondary N) is 1. The molecule has 1 N–H and O–H groups in total. The Morgan fingerprint density at radius 3 is 2.61 bits per heavy atom. The largest absolute Gasteiger partial charge is 0.573 e. The first-order valence-electron chi connectivity index (χ1n) is 6.81. The molecule has 6 nitrogen and oxygen atoms in total. The molecule has 0 aliphatic heterocycles. The summed E-state index contributed by atoms with van der Waals surface area (Å²) < 4.78 is 41.3. The quantitative estimate of drug-likeness (QED) is 0.882. The highest BCUT2D eigenvalue weighted by Crippen LogP contribution is 2.22. The molecule has 1 heterocycles. The summed E-state index contributed by atoms with van der Waals surface area (Å²) in [7, 11) is 0. The molecule has 0 aliphatic carbocycles. The van der Waals surface area contributed by atoms with Crippen LogP contribution in [-0.2, 0) is 11.2 Å².